The van der Waals surface area contributed by atoms with E-state index in [9.17, 15) is 9.59 Å². The fourth-order valence-corrected chi connectivity index (χ4v) is 4.91. The smallest absolute Gasteiger partial charge is 0.254 e. The molecule has 2 amide bonds. The normalized spacial score (nSPS) is 27.2. The van der Waals surface area contributed by atoms with Crippen molar-refractivity contribution in [3.63, 3.8) is 0 Å². The molecule has 3 aliphatic carbocycles. The predicted octanol–water partition coefficient (Wildman–Crippen LogP) is 4.45. The molecule has 0 spiro atoms. The van der Waals surface area contributed by atoms with Gasteiger partial charge < -0.3 is 4.74 Å². The van der Waals surface area contributed by atoms with E-state index in [2.05, 4.69) is 17.3 Å². The second-order valence-corrected chi connectivity index (χ2v) is 8.43. The molecule has 30 heavy (non-hydrogen) atoms. The molecule has 2 fully saturated rings. The summed E-state index contributed by atoms with van der Waals surface area (Å²) in [5.74, 6) is 0.240. The van der Waals surface area contributed by atoms with Crippen molar-refractivity contribution >= 4 is 29.6 Å². The van der Waals surface area contributed by atoms with Crippen molar-refractivity contribution in [2.75, 3.05) is 0 Å². The Morgan fingerprint density at radius 3 is 2.20 bits per heavy atom. The second kappa shape index (κ2) is 7.73. The second-order valence-electron chi connectivity index (χ2n) is 8.02. The van der Waals surface area contributed by atoms with Crippen LogP contribution in [0, 0.1) is 23.7 Å². The molecule has 2 aromatic rings. The Kier molecular flexibility index (Phi) is 4.91. The summed E-state index contributed by atoms with van der Waals surface area (Å²) in [7, 11) is 0. The molecule has 1 heterocycles. The Morgan fingerprint density at radius 2 is 1.60 bits per heavy atom. The number of benzene rings is 2. The summed E-state index contributed by atoms with van der Waals surface area (Å²) in [5.41, 5.74) is 1.71. The zero-order valence-electron chi connectivity index (χ0n) is 16.3. The van der Waals surface area contributed by atoms with Crippen LogP contribution in [0.25, 0.3) is 0 Å². The summed E-state index contributed by atoms with van der Waals surface area (Å²) < 4.78 is 5.78. The Morgan fingerprint density at radius 1 is 0.967 bits per heavy atom. The number of carbonyl (C=O) groups excluding carboxylic acids is 2. The number of rotatable bonds is 5. The largest absolute Gasteiger partial charge is 0.489 e. The van der Waals surface area contributed by atoms with Gasteiger partial charge in [-0.15, -0.1) is 0 Å². The van der Waals surface area contributed by atoms with E-state index in [0.717, 1.165) is 29.0 Å². The molecule has 1 aliphatic heterocycles. The van der Waals surface area contributed by atoms with Crippen molar-refractivity contribution in [1.82, 2.24) is 5.01 Å². The Bertz CT molecular complexity index is 1010. The maximum Gasteiger partial charge on any atom is 0.254 e. The molecular weight excluding hydrogens is 400 g/mol. The minimum absolute atomic E-state index is 0.167. The number of nitrogens with zero attached hydrogens (tertiary/aromatic N) is 2. The van der Waals surface area contributed by atoms with Crippen LogP contribution in [0.1, 0.15) is 24.0 Å². The molecular formula is C24H21ClN2O3. The van der Waals surface area contributed by atoms with Crippen molar-refractivity contribution in [1.29, 1.82) is 0 Å². The van der Waals surface area contributed by atoms with E-state index in [1.54, 1.807) is 6.21 Å². The van der Waals surface area contributed by atoms with E-state index in [1.165, 1.54) is 0 Å². The summed E-state index contributed by atoms with van der Waals surface area (Å²) in [4.78, 5) is 25.6. The van der Waals surface area contributed by atoms with Gasteiger partial charge in [-0.25, -0.2) is 0 Å². The first-order chi connectivity index (χ1) is 14.6. The maximum absolute atomic E-state index is 12.8. The summed E-state index contributed by atoms with van der Waals surface area (Å²) in [6.07, 6.45) is 7.73. The van der Waals surface area contributed by atoms with Crippen LogP contribution in [0.4, 0.5) is 0 Å². The summed E-state index contributed by atoms with van der Waals surface area (Å²) in [6.45, 7) is 0.378. The highest BCUT2D eigenvalue weighted by Crippen LogP contribution is 2.49. The van der Waals surface area contributed by atoms with Gasteiger partial charge in [0.15, 0.2) is 0 Å². The van der Waals surface area contributed by atoms with Crippen LogP contribution in [-0.4, -0.2) is 23.0 Å². The average molecular weight is 421 g/mol. The first kappa shape index (κ1) is 19.1. The zero-order valence-corrected chi connectivity index (χ0v) is 17.0. The van der Waals surface area contributed by atoms with E-state index in [4.69, 9.17) is 16.3 Å². The van der Waals surface area contributed by atoms with Gasteiger partial charge in [-0.05, 0) is 60.6 Å². The lowest BCUT2D eigenvalue weighted by molar-refractivity contribution is -0.140. The first-order valence-electron chi connectivity index (χ1n) is 10.2. The molecule has 5 nitrogen and oxygen atoms in total. The third kappa shape index (κ3) is 3.33. The molecule has 0 radical (unpaired) electrons. The number of hydrogen-bond acceptors (Lipinski definition) is 4. The first-order valence-corrected chi connectivity index (χ1v) is 10.6. The molecule has 2 bridgehead atoms. The lowest BCUT2D eigenvalue weighted by Gasteiger charge is -2.37. The fraction of sp³-hybridized carbons (Fsp3) is 0.292. The molecule has 1 saturated carbocycles. The molecule has 152 valence electrons. The van der Waals surface area contributed by atoms with Crippen molar-refractivity contribution < 1.29 is 14.3 Å². The number of halogens is 1. The number of hydrazone groups is 1. The van der Waals surface area contributed by atoms with Gasteiger partial charge in [0.05, 0.1) is 18.1 Å². The van der Waals surface area contributed by atoms with Crippen molar-refractivity contribution in [2.45, 2.75) is 19.4 Å². The average Bonchev–Trinajstić information content (AvgIpc) is 3.05. The Labute approximate surface area is 180 Å². The molecule has 4 atom stereocenters. The third-order valence-electron chi connectivity index (χ3n) is 6.29. The van der Waals surface area contributed by atoms with Gasteiger partial charge >= 0.3 is 0 Å². The van der Waals surface area contributed by atoms with Gasteiger partial charge in [-0.2, -0.15) is 10.1 Å². The lowest BCUT2D eigenvalue weighted by Crippen LogP contribution is -2.38. The van der Waals surface area contributed by atoms with Crippen LogP contribution in [0.2, 0.25) is 5.02 Å². The Hall–Kier alpha value is -2.92. The highest BCUT2D eigenvalue weighted by molar-refractivity contribution is 6.31. The van der Waals surface area contributed by atoms with Crippen molar-refractivity contribution in [3.8, 4) is 5.75 Å². The molecule has 4 aliphatic rings. The quantitative estimate of drug-likeness (QED) is 0.408. The third-order valence-corrected chi connectivity index (χ3v) is 6.66. The van der Waals surface area contributed by atoms with Crippen molar-refractivity contribution in [3.05, 3.63) is 76.8 Å². The number of fused-ring (bicyclic) bond motifs is 1. The van der Waals surface area contributed by atoms with Crippen LogP contribution in [0.15, 0.2) is 65.8 Å². The number of carbonyl (C=O) groups is 2. The van der Waals surface area contributed by atoms with Crippen LogP contribution < -0.4 is 4.74 Å². The molecule has 1 saturated heterocycles. The predicted molar refractivity (Wildman–Crippen MR) is 114 cm³/mol. The number of ether oxygens (including phenoxy) is 1. The summed E-state index contributed by atoms with van der Waals surface area (Å²) in [6, 6.07) is 14.9. The van der Waals surface area contributed by atoms with Gasteiger partial charge in [-0.1, -0.05) is 42.0 Å². The van der Waals surface area contributed by atoms with Crippen LogP contribution in [0.5, 0.6) is 5.75 Å². The van der Waals surface area contributed by atoms with Gasteiger partial charge in [0.25, 0.3) is 11.8 Å². The standard InChI is InChI=1S/C24H21ClN2O3/c25-20-4-2-1-3-18(20)14-30-19-11-5-15(6-12-19)13-26-27-23(28)21-16-7-8-17(10-9-16)22(21)24(27)29/h1-8,11-13,16-17,21-22H,9-10,14H2/b26-13-/t16-,17-,21-,22-/m0/s1. The maximum atomic E-state index is 12.8. The monoisotopic (exact) mass is 420 g/mol. The van der Waals surface area contributed by atoms with E-state index >= 15 is 0 Å². The molecule has 6 heteroatoms. The van der Waals surface area contributed by atoms with Gasteiger partial charge in [0, 0.05) is 10.6 Å². The van der Waals surface area contributed by atoms with E-state index in [-0.39, 0.29) is 35.5 Å². The van der Waals surface area contributed by atoms with Crippen LogP contribution in [0.3, 0.4) is 0 Å². The highest BCUT2D eigenvalue weighted by Gasteiger charge is 2.56. The molecule has 6 rings (SSSR count). The minimum Gasteiger partial charge on any atom is -0.489 e. The van der Waals surface area contributed by atoms with E-state index in [1.807, 2.05) is 48.5 Å². The zero-order chi connectivity index (χ0) is 20.7. The fourth-order valence-electron chi connectivity index (χ4n) is 4.72. The molecule has 0 N–H and O–H groups in total. The van der Waals surface area contributed by atoms with Crippen LogP contribution in [-0.2, 0) is 16.2 Å². The summed E-state index contributed by atoms with van der Waals surface area (Å²) >= 11 is 6.15. The number of imide groups is 1. The van der Waals surface area contributed by atoms with Gasteiger partial charge in [0.1, 0.15) is 12.4 Å². The van der Waals surface area contributed by atoms with Gasteiger partial charge in [-0.3, -0.25) is 9.59 Å². The van der Waals surface area contributed by atoms with Crippen molar-refractivity contribution in [2.24, 2.45) is 28.8 Å². The molecule has 2 aromatic carbocycles. The van der Waals surface area contributed by atoms with Crippen LogP contribution >= 0.6 is 11.6 Å². The minimum atomic E-state index is -0.237. The molecule has 0 aromatic heterocycles. The number of allylic oxidation sites excluding steroid dienone is 2. The topological polar surface area (TPSA) is 59.0 Å². The lowest BCUT2D eigenvalue weighted by atomic mass is 9.63. The SMILES string of the molecule is O=C1[C@@H]2[C@@H](C(=O)N1/N=C\c1ccc(OCc3ccccc3Cl)cc1)[C@H]1C=C[C@H]2CC1. The summed E-state index contributed by atoms with van der Waals surface area (Å²) in [5, 5.41) is 5.98. The number of hydrogen-bond donors (Lipinski definition) is 0. The highest BCUT2D eigenvalue weighted by atomic mass is 35.5. The number of amides is 2. The van der Waals surface area contributed by atoms with E-state index < -0.39 is 0 Å². The van der Waals surface area contributed by atoms with E-state index in [0.29, 0.717) is 17.4 Å². The van der Waals surface area contributed by atoms with Gasteiger partial charge in [0.2, 0.25) is 0 Å². The Balaban J connectivity index is 1.25. The molecule has 0 unspecified atom stereocenters.